The summed E-state index contributed by atoms with van der Waals surface area (Å²) >= 11 is 0. The first-order chi connectivity index (χ1) is 17.2. The summed E-state index contributed by atoms with van der Waals surface area (Å²) in [5, 5.41) is 3.06. The average molecular weight is 516 g/mol. The van der Waals surface area contributed by atoms with Gasteiger partial charge in [0.2, 0.25) is 28.6 Å². The highest BCUT2D eigenvalue weighted by Crippen LogP contribution is 2.36. The van der Waals surface area contributed by atoms with Gasteiger partial charge in [0, 0.05) is 18.7 Å². The SMILES string of the molecule is C[C@@H](C(=O)NC1CCCC1)N(CCc1ccccc1)C(=O)CN(c1ccc2c(c1)OCO2)S(C)(=O)=O. The number of fused-ring (bicyclic) bond motifs is 1. The van der Waals surface area contributed by atoms with Crippen molar-refractivity contribution in [3.8, 4) is 11.5 Å². The number of nitrogens with zero attached hydrogens (tertiary/aromatic N) is 2. The van der Waals surface area contributed by atoms with Gasteiger partial charge in [-0.3, -0.25) is 13.9 Å². The number of amides is 2. The maximum Gasteiger partial charge on any atom is 0.244 e. The van der Waals surface area contributed by atoms with Crippen LogP contribution in [0.5, 0.6) is 11.5 Å². The molecule has 0 saturated heterocycles. The van der Waals surface area contributed by atoms with Crippen molar-refractivity contribution in [3.05, 3.63) is 54.1 Å². The molecule has 2 aromatic rings. The van der Waals surface area contributed by atoms with Gasteiger partial charge in [0.1, 0.15) is 12.6 Å². The Morgan fingerprint density at radius 1 is 1.06 bits per heavy atom. The predicted molar refractivity (Wildman–Crippen MR) is 136 cm³/mol. The molecule has 0 aromatic heterocycles. The molecule has 1 saturated carbocycles. The maximum atomic E-state index is 13.6. The smallest absolute Gasteiger partial charge is 0.244 e. The number of hydrogen-bond donors (Lipinski definition) is 1. The van der Waals surface area contributed by atoms with Crippen LogP contribution in [0.3, 0.4) is 0 Å². The van der Waals surface area contributed by atoms with Crippen LogP contribution in [0, 0.1) is 0 Å². The average Bonchev–Trinajstić information content (AvgIpc) is 3.54. The molecule has 36 heavy (non-hydrogen) atoms. The van der Waals surface area contributed by atoms with Crippen molar-refractivity contribution in [2.75, 3.05) is 30.4 Å². The first kappa shape index (κ1) is 25.8. The number of carbonyl (C=O) groups excluding carboxylic acids is 2. The van der Waals surface area contributed by atoms with Crippen molar-refractivity contribution in [1.29, 1.82) is 0 Å². The normalized spacial score (nSPS) is 15.9. The third kappa shape index (κ3) is 6.29. The highest BCUT2D eigenvalue weighted by atomic mass is 32.2. The lowest BCUT2D eigenvalue weighted by molar-refractivity contribution is -0.139. The fourth-order valence-electron chi connectivity index (χ4n) is 4.62. The zero-order chi connectivity index (χ0) is 25.7. The molecule has 2 aromatic carbocycles. The largest absolute Gasteiger partial charge is 0.454 e. The summed E-state index contributed by atoms with van der Waals surface area (Å²) in [7, 11) is -3.81. The third-order valence-corrected chi connectivity index (χ3v) is 7.82. The summed E-state index contributed by atoms with van der Waals surface area (Å²) in [6.07, 6.45) is 5.61. The molecular weight excluding hydrogens is 482 g/mol. The van der Waals surface area contributed by atoms with Crippen LogP contribution in [0.25, 0.3) is 0 Å². The highest BCUT2D eigenvalue weighted by molar-refractivity contribution is 7.92. The van der Waals surface area contributed by atoms with E-state index in [1.165, 1.54) is 4.90 Å². The van der Waals surface area contributed by atoms with Gasteiger partial charge in [-0.2, -0.15) is 0 Å². The molecule has 0 spiro atoms. The number of benzene rings is 2. The summed E-state index contributed by atoms with van der Waals surface area (Å²) in [6.45, 7) is 1.59. The van der Waals surface area contributed by atoms with Gasteiger partial charge < -0.3 is 19.7 Å². The number of carbonyl (C=O) groups is 2. The van der Waals surface area contributed by atoms with Crippen molar-refractivity contribution in [1.82, 2.24) is 10.2 Å². The summed E-state index contributed by atoms with van der Waals surface area (Å²) in [4.78, 5) is 28.1. The molecule has 9 nitrogen and oxygen atoms in total. The summed E-state index contributed by atoms with van der Waals surface area (Å²) in [5.74, 6) is 0.249. The molecule has 2 aliphatic rings. The molecule has 1 aliphatic heterocycles. The Labute approximate surface area is 212 Å². The van der Waals surface area contributed by atoms with Crippen LogP contribution in [0.4, 0.5) is 5.69 Å². The molecule has 1 heterocycles. The van der Waals surface area contributed by atoms with E-state index in [0.29, 0.717) is 23.6 Å². The molecule has 1 atom stereocenters. The monoisotopic (exact) mass is 515 g/mol. The summed E-state index contributed by atoms with van der Waals surface area (Å²) in [5.41, 5.74) is 1.32. The number of nitrogens with one attached hydrogen (secondary N) is 1. The Morgan fingerprint density at radius 3 is 2.44 bits per heavy atom. The number of anilines is 1. The van der Waals surface area contributed by atoms with E-state index in [-0.39, 0.29) is 25.3 Å². The van der Waals surface area contributed by atoms with Crippen LogP contribution in [0.2, 0.25) is 0 Å². The lowest BCUT2D eigenvalue weighted by atomic mass is 10.1. The Morgan fingerprint density at radius 2 is 1.75 bits per heavy atom. The van der Waals surface area contributed by atoms with E-state index in [2.05, 4.69) is 5.32 Å². The van der Waals surface area contributed by atoms with Crippen molar-refractivity contribution in [2.45, 2.75) is 51.1 Å². The predicted octanol–water partition coefficient (Wildman–Crippen LogP) is 2.70. The minimum Gasteiger partial charge on any atom is -0.454 e. The first-order valence-electron chi connectivity index (χ1n) is 12.2. The van der Waals surface area contributed by atoms with Crippen LogP contribution in [0.15, 0.2) is 48.5 Å². The molecule has 0 unspecified atom stereocenters. The standard InChI is InChI=1S/C26H33N3O6S/c1-19(26(31)27-21-10-6-7-11-21)28(15-14-20-8-4-3-5-9-20)25(30)17-29(36(2,32)33)22-12-13-23-24(16-22)35-18-34-23/h3-5,8-9,12-13,16,19,21H,6-7,10-11,14-15,17-18H2,1-2H3,(H,27,31)/t19-/m0/s1. The molecule has 4 rings (SSSR count). The zero-order valence-corrected chi connectivity index (χ0v) is 21.5. The molecular formula is C26H33N3O6S. The van der Waals surface area contributed by atoms with Crippen LogP contribution in [-0.4, -0.2) is 63.4 Å². The minimum absolute atomic E-state index is 0.0531. The van der Waals surface area contributed by atoms with E-state index < -0.39 is 28.5 Å². The van der Waals surface area contributed by atoms with Gasteiger partial charge in [-0.15, -0.1) is 0 Å². The van der Waals surface area contributed by atoms with Crippen molar-refractivity contribution in [2.24, 2.45) is 0 Å². The van der Waals surface area contributed by atoms with Gasteiger partial charge in [0.15, 0.2) is 11.5 Å². The van der Waals surface area contributed by atoms with E-state index in [4.69, 9.17) is 9.47 Å². The quantitative estimate of drug-likeness (QED) is 0.522. The Balaban J connectivity index is 1.55. The van der Waals surface area contributed by atoms with E-state index in [0.717, 1.165) is 41.8 Å². The van der Waals surface area contributed by atoms with Gasteiger partial charge in [-0.25, -0.2) is 8.42 Å². The minimum atomic E-state index is -3.81. The molecule has 10 heteroatoms. The fraction of sp³-hybridized carbons (Fsp3) is 0.462. The van der Waals surface area contributed by atoms with E-state index in [1.807, 2.05) is 30.3 Å². The van der Waals surface area contributed by atoms with Crippen LogP contribution in [-0.2, 0) is 26.0 Å². The van der Waals surface area contributed by atoms with Gasteiger partial charge in [0.05, 0.1) is 11.9 Å². The van der Waals surface area contributed by atoms with Gasteiger partial charge in [0.25, 0.3) is 0 Å². The van der Waals surface area contributed by atoms with E-state index >= 15 is 0 Å². The molecule has 1 N–H and O–H groups in total. The van der Waals surface area contributed by atoms with Crippen LogP contribution < -0.4 is 19.1 Å². The molecule has 0 bridgehead atoms. The second kappa shape index (κ2) is 11.2. The van der Waals surface area contributed by atoms with Crippen LogP contribution in [0.1, 0.15) is 38.2 Å². The second-order valence-corrected chi connectivity index (χ2v) is 11.2. The maximum absolute atomic E-state index is 13.6. The third-order valence-electron chi connectivity index (χ3n) is 6.68. The molecule has 1 fully saturated rings. The second-order valence-electron chi connectivity index (χ2n) is 9.30. The number of rotatable bonds is 10. The fourth-order valence-corrected chi connectivity index (χ4v) is 5.46. The zero-order valence-electron chi connectivity index (χ0n) is 20.7. The molecule has 194 valence electrons. The van der Waals surface area contributed by atoms with Gasteiger partial charge in [-0.1, -0.05) is 43.2 Å². The van der Waals surface area contributed by atoms with Crippen molar-refractivity contribution in [3.63, 3.8) is 0 Å². The molecule has 0 radical (unpaired) electrons. The Hall–Kier alpha value is -3.27. The van der Waals surface area contributed by atoms with Gasteiger partial charge in [-0.05, 0) is 43.9 Å². The highest BCUT2D eigenvalue weighted by Gasteiger charge is 2.31. The van der Waals surface area contributed by atoms with E-state index in [9.17, 15) is 18.0 Å². The first-order valence-corrected chi connectivity index (χ1v) is 14.1. The summed E-state index contributed by atoms with van der Waals surface area (Å²) in [6, 6.07) is 13.8. The lowest BCUT2D eigenvalue weighted by Crippen LogP contribution is -2.53. The number of ether oxygens (including phenoxy) is 2. The molecule has 1 aliphatic carbocycles. The number of hydrogen-bond acceptors (Lipinski definition) is 6. The van der Waals surface area contributed by atoms with Crippen molar-refractivity contribution < 1.29 is 27.5 Å². The number of sulfonamides is 1. The van der Waals surface area contributed by atoms with Crippen LogP contribution >= 0.6 is 0 Å². The van der Waals surface area contributed by atoms with Crippen molar-refractivity contribution >= 4 is 27.5 Å². The Bertz CT molecular complexity index is 1180. The topological polar surface area (TPSA) is 105 Å². The van der Waals surface area contributed by atoms with Gasteiger partial charge >= 0.3 is 0 Å². The summed E-state index contributed by atoms with van der Waals surface area (Å²) < 4.78 is 37.1. The molecule has 2 amide bonds. The Kier molecular flexibility index (Phi) is 8.03. The lowest BCUT2D eigenvalue weighted by Gasteiger charge is -2.32. The van der Waals surface area contributed by atoms with E-state index in [1.54, 1.807) is 25.1 Å².